The molecule has 1 saturated heterocycles. The van der Waals surface area contributed by atoms with Crippen LogP contribution in [0.25, 0.3) is 0 Å². The van der Waals surface area contributed by atoms with Gasteiger partial charge in [0, 0.05) is 18.7 Å². The topological polar surface area (TPSA) is 76.7 Å². The van der Waals surface area contributed by atoms with Crippen LogP contribution in [0.2, 0.25) is 0 Å². The molecule has 29 heavy (non-hydrogen) atoms. The molecule has 1 heterocycles. The first-order chi connectivity index (χ1) is 13.5. The zero-order valence-electron chi connectivity index (χ0n) is 15.4. The van der Waals surface area contributed by atoms with E-state index in [9.17, 15) is 27.2 Å². The number of alkyl halides is 3. The summed E-state index contributed by atoms with van der Waals surface area (Å²) in [6.45, 7) is 6.10. The molecule has 0 saturated carbocycles. The van der Waals surface area contributed by atoms with Crippen molar-refractivity contribution in [2.24, 2.45) is 5.92 Å². The molecule has 2 N–H and O–H groups in total. The summed E-state index contributed by atoms with van der Waals surface area (Å²) in [4.78, 5) is 23.5. The van der Waals surface area contributed by atoms with Gasteiger partial charge in [-0.1, -0.05) is 24.8 Å². The molecule has 0 bridgehead atoms. The Bertz CT molecular complexity index is 692. The largest absolute Gasteiger partial charge is 0.491 e. The van der Waals surface area contributed by atoms with Gasteiger partial charge in [0.1, 0.15) is 5.83 Å². The van der Waals surface area contributed by atoms with Crippen molar-refractivity contribution in [3.05, 3.63) is 48.1 Å². The monoisotopic (exact) mass is 440 g/mol. The second-order valence-corrected chi connectivity index (χ2v) is 6.46. The Balaban J connectivity index is 2.21. The third-order valence-corrected chi connectivity index (χ3v) is 4.00. The maximum Gasteiger partial charge on any atom is 0.414 e. The normalized spacial score (nSPS) is 19.8. The van der Waals surface area contributed by atoms with Crippen molar-refractivity contribution in [3.63, 3.8) is 0 Å². The van der Waals surface area contributed by atoms with Crippen molar-refractivity contribution in [3.8, 4) is 0 Å². The standard InChI is InChI=1S/C18H21ClF4N2O4/c1-11(25-17(27)13-8-15(29-9-13)18(21,22)23)5-6-24-16(26)10-28-7-3-4-14(19)12(2)20/h3-4,7,13,15H,1-2,5-6,8-10H2,(H,24,26)(H,25,27)/b7-3+,14-4+. The van der Waals surface area contributed by atoms with Crippen molar-refractivity contribution >= 4 is 23.4 Å². The van der Waals surface area contributed by atoms with Crippen LogP contribution >= 0.6 is 11.6 Å². The summed E-state index contributed by atoms with van der Waals surface area (Å²) in [6.07, 6.45) is -3.08. The SMILES string of the molecule is C=C(CCNC(=O)CO/C=C/C=C(/Cl)C(=C)F)NC(=O)C1COC(C(F)(F)F)C1. The highest BCUT2D eigenvalue weighted by atomic mass is 35.5. The predicted molar refractivity (Wildman–Crippen MR) is 98.1 cm³/mol. The molecule has 1 aliphatic rings. The lowest BCUT2D eigenvalue weighted by molar-refractivity contribution is -0.206. The minimum absolute atomic E-state index is 0.130. The van der Waals surface area contributed by atoms with Crippen LogP contribution in [0.5, 0.6) is 0 Å². The number of rotatable bonds is 10. The highest BCUT2D eigenvalue weighted by Gasteiger charge is 2.47. The molecule has 11 heteroatoms. The quantitative estimate of drug-likeness (QED) is 0.311. The van der Waals surface area contributed by atoms with Gasteiger partial charge in [-0.3, -0.25) is 9.59 Å². The number of amides is 2. The van der Waals surface area contributed by atoms with Crippen LogP contribution in [0.3, 0.4) is 0 Å². The summed E-state index contributed by atoms with van der Waals surface area (Å²) in [5.74, 6) is -2.78. The maximum atomic E-state index is 12.6. The van der Waals surface area contributed by atoms with Gasteiger partial charge >= 0.3 is 6.18 Å². The highest BCUT2D eigenvalue weighted by Crippen LogP contribution is 2.33. The molecule has 1 rings (SSSR count). The summed E-state index contributed by atoms with van der Waals surface area (Å²) in [5.41, 5.74) is 0.248. The van der Waals surface area contributed by atoms with E-state index in [1.807, 2.05) is 0 Å². The Morgan fingerprint density at radius 1 is 1.31 bits per heavy atom. The van der Waals surface area contributed by atoms with Crippen molar-refractivity contribution in [2.75, 3.05) is 19.8 Å². The van der Waals surface area contributed by atoms with Crippen LogP contribution in [0, 0.1) is 5.92 Å². The zero-order valence-corrected chi connectivity index (χ0v) is 16.1. The summed E-state index contributed by atoms with van der Waals surface area (Å²) in [7, 11) is 0. The minimum atomic E-state index is -4.50. The van der Waals surface area contributed by atoms with E-state index in [-0.39, 0.29) is 36.9 Å². The number of allylic oxidation sites excluding steroid dienone is 4. The van der Waals surface area contributed by atoms with Crippen molar-refractivity contribution < 1.29 is 36.6 Å². The van der Waals surface area contributed by atoms with E-state index in [1.54, 1.807) is 0 Å². The molecule has 1 fully saturated rings. The first-order valence-electron chi connectivity index (χ1n) is 8.43. The molecule has 2 amide bonds. The Morgan fingerprint density at radius 3 is 2.59 bits per heavy atom. The Kier molecular flexibility index (Phi) is 9.90. The van der Waals surface area contributed by atoms with E-state index in [2.05, 4.69) is 28.5 Å². The number of carbonyl (C=O) groups excluding carboxylic acids is 2. The number of ether oxygens (including phenoxy) is 2. The lowest BCUT2D eigenvalue weighted by Gasteiger charge is -2.14. The summed E-state index contributed by atoms with van der Waals surface area (Å²) >= 11 is 5.47. The van der Waals surface area contributed by atoms with Gasteiger partial charge in [0.05, 0.1) is 23.8 Å². The predicted octanol–water partition coefficient (Wildman–Crippen LogP) is 3.23. The Hall–Kier alpha value is -2.33. The fourth-order valence-corrected chi connectivity index (χ4v) is 2.25. The fourth-order valence-electron chi connectivity index (χ4n) is 2.17. The van der Waals surface area contributed by atoms with Crippen molar-refractivity contribution in [1.82, 2.24) is 10.6 Å². The van der Waals surface area contributed by atoms with Gasteiger partial charge in [0.25, 0.3) is 5.91 Å². The average molecular weight is 441 g/mol. The molecule has 0 aromatic heterocycles. The molecule has 0 aliphatic carbocycles. The molecule has 0 aromatic carbocycles. The average Bonchev–Trinajstić information content (AvgIpc) is 3.11. The van der Waals surface area contributed by atoms with E-state index >= 15 is 0 Å². The molecule has 6 nitrogen and oxygen atoms in total. The lowest BCUT2D eigenvalue weighted by Crippen LogP contribution is -2.33. The zero-order chi connectivity index (χ0) is 22.0. The van der Waals surface area contributed by atoms with Crippen LogP contribution in [0.1, 0.15) is 12.8 Å². The number of hydrogen-bond acceptors (Lipinski definition) is 4. The lowest BCUT2D eigenvalue weighted by atomic mass is 10.0. The molecule has 0 aromatic rings. The van der Waals surface area contributed by atoms with Crippen LogP contribution in [-0.2, 0) is 19.1 Å². The van der Waals surface area contributed by atoms with E-state index in [0.717, 1.165) is 6.26 Å². The van der Waals surface area contributed by atoms with Gasteiger partial charge in [-0.15, -0.1) is 0 Å². The molecular formula is C18H21ClF4N2O4. The van der Waals surface area contributed by atoms with Crippen LogP contribution in [0.4, 0.5) is 17.6 Å². The van der Waals surface area contributed by atoms with Crippen molar-refractivity contribution in [2.45, 2.75) is 25.1 Å². The molecular weight excluding hydrogens is 420 g/mol. The maximum absolute atomic E-state index is 12.6. The highest BCUT2D eigenvalue weighted by molar-refractivity contribution is 6.31. The van der Waals surface area contributed by atoms with Crippen LogP contribution in [0.15, 0.2) is 48.1 Å². The Morgan fingerprint density at radius 2 is 2.00 bits per heavy atom. The summed E-state index contributed by atoms with van der Waals surface area (Å²) in [6, 6.07) is 0. The van der Waals surface area contributed by atoms with E-state index in [4.69, 9.17) is 16.3 Å². The molecule has 0 spiro atoms. The Labute approximate surface area is 170 Å². The second-order valence-electron chi connectivity index (χ2n) is 6.05. The number of carbonyl (C=O) groups is 2. The third-order valence-electron chi connectivity index (χ3n) is 3.67. The third kappa shape index (κ3) is 9.62. The summed E-state index contributed by atoms with van der Waals surface area (Å²) < 4.78 is 59.7. The van der Waals surface area contributed by atoms with Gasteiger partial charge in [-0.2, -0.15) is 13.2 Å². The van der Waals surface area contributed by atoms with Gasteiger partial charge in [-0.25, -0.2) is 4.39 Å². The molecule has 2 unspecified atom stereocenters. The van der Waals surface area contributed by atoms with Crippen molar-refractivity contribution in [1.29, 1.82) is 0 Å². The smallest absolute Gasteiger partial charge is 0.414 e. The van der Waals surface area contributed by atoms with Gasteiger partial charge in [-0.05, 0) is 18.6 Å². The molecule has 0 radical (unpaired) electrons. The number of hydrogen-bond donors (Lipinski definition) is 2. The number of halogens is 5. The van der Waals surface area contributed by atoms with Crippen LogP contribution in [-0.4, -0.2) is 43.9 Å². The minimum Gasteiger partial charge on any atom is -0.491 e. The van der Waals surface area contributed by atoms with Gasteiger partial charge in [0.2, 0.25) is 5.91 Å². The van der Waals surface area contributed by atoms with E-state index in [1.165, 1.54) is 12.2 Å². The molecule has 1 aliphatic heterocycles. The summed E-state index contributed by atoms with van der Waals surface area (Å²) in [5, 5.41) is 4.72. The number of nitrogens with one attached hydrogen (secondary N) is 2. The molecule has 2 atom stereocenters. The van der Waals surface area contributed by atoms with Crippen LogP contribution < -0.4 is 10.6 Å². The van der Waals surface area contributed by atoms with E-state index in [0.29, 0.717) is 0 Å². The molecule has 162 valence electrons. The van der Waals surface area contributed by atoms with Gasteiger partial charge < -0.3 is 20.1 Å². The van der Waals surface area contributed by atoms with Gasteiger partial charge in [0.15, 0.2) is 12.7 Å². The van der Waals surface area contributed by atoms with E-state index < -0.39 is 42.3 Å². The first kappa shape index (κ1) is 24.7. The fraction of sp³-hybridized carbons (Fsp3) is 0.444. The second kappa shape index (κ2) is 11.6. The first-order valence-corrected chi connectivity index (χ1v) is 8.81.